The Bertz CT molecular complexity index is 396. The second kappa shape index (κ2) is 6.00. The summed E-state index contributed by atoms with van der Waals surface area (Å²) in [5.41, 5.74) is 3.16. The summed E-state index contributed by atoms with van der Waals surface area (Å²) in [6.45, 7) is 5.65. The van der Waals surface area contributed by atoms with Crippen LogP contribution in [0.2, 0.25) is 0 Å². The lowest BCUT2D eigenvalue weighted by molar-refractivity contribution is -0.143. The predicted molar refractivity (Wildman–Crippen MR) is 64.3 cm³/mol. The molecule has 1 aromatic rings. The number of rotatable bonds is 5. The smallest absolute Gasteiger partial charge is 0.328 e. The minimum absolute atomic E-state index is 0.286. The Hall–Kier alpha value is -1.89. The van der Waals surface area contributed by atoms with Crippen LogP contribution in [0.1, 0.15) is 19.4 Å². The van der Waals surface area contributed by atoms with Crippen LogP contribution < -0.4 is 16.6 Å². The summed E-state index contributed by atoms with van der Waals surface area (Å²) < 4.78 is 4.89. The maximum atomic E-state index is 11.4. The molecule has 0 bridgehead atoms. The van der Waals surface area contributed by atoms with Crippen LogP contribution >= 0.6 is 0 Å². The Kier molecular flexibility index (Phi) is 4.65. The van der Waals surface area contributed by atoms with Crippen molar-refractivity contribution in [2.24, 2.45) is 5.84 Å². The van der Waals surface area contributed by atoms with Crippen molar-refractivity contribution in [3.8, 4) is 0 Å². The van der Waals surface area contributed by atoms with Gasteiger partial charge in [-0.2, -0.15) is 4.98 Å². The average molecular weight is 239 g/mol. The lowest BCUT2D eigenvalue weighted by Crippen LogP contribution is -2.29. The van der Waals surface area contributed by atoms with Crippen LogP contribution in [-0.4, -0.2) is 28.6 Å². The number of nitrogens with zero attached hydrogens (tertiary/aromatic N) is 2. The fourth-order valence-electron chi connectivity index (χ4n) is 1.19. The number of anilines is 2. The molecule has 0 spiro atoms. The third-order valence-corrected chi connectivity index (χ3v) is 2.09. The maximum absolute atomic E-state index is 11.4. The lowest BCUT2D eigenvalue weighted by atomic mass is 10.3. The second-order valence-electron chi connectivity index (χ2n) is 3.49. The molecule has 0 aliphatic heterocycles. The van der Waals surface area contributed by atoms with Crippen molar-refractivity contribution >= 4 is 17.7 Å². The van der Waals surface area contributed by atoms with Crippen LogP contribution in [-0.2, 0) is 9.53 Å². The lowest BCUT2D eigenvalue weighted by Gasteiger charge is -2.15. The Morgan fingerprint density at radius 2 is 2.35 bits per heavy atom. The summed E-state index contributed by atoms with van der Waals surface area (Å²) in [4.78, 5) is 19.5. The summed E-state index contributed by atoms with van der Waals surface area (Å²) in [7, 11) is 0. The largest absolute Gasteiger partial charge is 0.464 e. The molecule has 7 heteroatoms. The molecule has 0 aliphatic rings. The molecule has 1 heterocycles. The molecule has 1 aromatic heterocycles. The van der Waals surface area contributed by atoms with Gasteiger partial charge in [0.05, 0.1) is 6.61 Å². The molecule has 0 fully saturated rings. The molecule has 0 saturated heterocycles. The van der Waals surface area contributed by atoms with Crippen LogP contribution in [0.15, 0.2) is 6.20 Å². The summed E-state index contributed by atoms with van der Waals surface area (Å²) in [6, 6.07) is -0.478. The zero-order chi connectivity index (χ0) is 12.8. The first-order valence-corrected chi connectivity index (χ1v) is 5.32. The topological polar surface area (TPSA) is 102 Å². The predicted octanol–water partition coefficient (Wildman–Crippen LogP) is 0.434. The Balaban J connectivity index is 2.76. The number of hydrogen-bond acceptors (Lipinski definition) is 7. The number of hydrazine groups is 1. The molecule has 0 aliphatic carbocycles. The summed E-state index contributed by atoms with van der Waals surface area (Å²) in [6.07, 6.45) is 1.61. The summed E-state index contributed by atoms with van der Waals surface area (Å²) in [5, 5.41) is 2.95. The highest BCUT2D eigenvalue weighted by Crippen LogP contribution is 2.13. The van der Waals surface area contributed by atoms with E-state index in [4.69, 9.17) is 10.6 Å². The van der Waals surface area contributed by atoms with E-state index < -0.39 is 6.04 Å². The van der Waals surface area contributed by atoms with Gasteiger partial charge in [0.15, 0.2) is 0 Å². The van der Waals surface area contributed by atoms with Gasteiger partial charge in [0.25, 0.3) is 0 Å². The van der Waals surface area contributed by atoms with Gasteiger partial charge in [0.1, 0.15) is 11.9 Å². The fraction of sp³-hybridized carbons (Fsp3) is 0.500. The van der Waals surface area contributed by atoms with Crippen LogP contribution in [0.4, 0.5) is 11.8 Å². The monoisotopic (exact) mass is 239 g/mol. The van der Waals surface area contributed by atoms with Gasteiger partial charge in [-0.3, -0.25) is 5.43 Å². The standard InChI is InChI=1S/C10H17N5O2/c1-4-17-9(16)7(3)13-8-6(2)5-12-10(14-8)15-11/h5,7H,4,11H2,1-3H3,(H2,12,13,14,15). The van der Waals surface area contributed by atoms with E-state index in [0.717, 1.165) is 5.56 Å². The Morgan fingerprint density at radius 1 is 1.65 bits per heavy atom. The quantitative estimate of drug-likeness (QED) is 0.389. The van der Waals surface area contributed by atoms with E-state index in [1.54, 1.807) is 20.0 Å². The van der Waals surface area contributed by atoms with Gasteiger partial charge in [-0.1, -0.05) is 0 Å². The molecular formula is C10H17N5O2. The molecule has 0 amide bonds. The first-order chi connectivity index (χ1) is 8.08. The molecule has 1 unspecified atom stereocenters. The van der Waals surface area contributed by atoms with Crippen molar-refractivity contribution in [3.05, 3.63) is 11.8 Å². The van der Waals surface area contributed by atoms with Crippen molar-refractivity contribution < 1.29 is 9.53 Å². The van der Waals surface area contributed by atoms with E-state index in [9.17, 15) is 4.79 Å². The Morgan fingerprint density at radius 3 is 2.94 bits per heavy atom. The number of esters is 1. The number of ether oxygens (including phenoxy) is 1. The van der Waals surface area contributed by atoms with Crippen LogP contribution in [0.3, 0.4) is 0 Å². The van der Waals surface area contributed by atoms with Crippen LogP contribution in [0, 0.1) is 6.92 Å². The summed E-state index contributed by atoms with van der Waals surface area (Å²) >= 11 is 0. The fourth-order valence-corrected chi connectivity index (χ4v) is 1.19. The number of hydrogen-bond donors (Lipinski definition) is 3. The molecule has 94 valence electrons. The van der Waals surface area contributed by atoms with Gasteiger partial charge in [-0.25, -0.2) is 15.6 Å². The molecule has 1 atom stereocenters. The van der Waals surface area contributed by atoms with E-state index in [1.165, 1.54) is 0 Å². The van der Waals surface area contributed by atoms with Crippen molar-refractivity contribution in [2.75, 3.05) is 17.3 Å². The number of aromatic nitrogens is 2. The number of aryl methyl sites for hydroxylation is 1. The highest BCUT2D eigenvalue weighted by Gasteiger charge is 2.15. The number of carbonyl (C=O) groups excluding carboxylic acids is 1. The zero-order valence-corrected chi connectivity index (χ0v) is 10.2. The minimum atomic E-state index is -0.478. The van der Waals surface area contributed by atoms with E-state index in [-0.39, 0.29) is 11.9 Å². The molecular weight excluding hydrogens is 222 g/mol. The SMILES string of the molecule is CCOC(=O)C(C)Nc1nc(NN)ncc1C. The van der Waals surface area contributed by atoms with Crippen LogP contribution in [0.5, 0.6) is 0 Å². The van der Waals surface area contributed by atoms with Gasteiger partial charge in [0.2, 0.25) is 5.95 Å². The summed E-state index contributed by atoms with van der Waals surface area (Å²) in [5.74, 6) is 5.72. The molecule has 17 heavy (non-hydrogen) atoms. The third-order valence-electron chi connectivity index (χ3n) is 2.09. The van der Waals surface area contributed by atoms with Gasteiger partial charge in [0, 0.05) is 11.8 Å². The first kappa shape index (κ1) is 13.2. The van der Waals surface area contributed by atoms with Crippen molar-refractivity contribution in [1.29, 1.82) is 0 Å². The van der Waals surface area contributed by atoms with Crippen molar-refractivity contribution in [1.82, 2.24) is 9.97 Å². The number of nitrogens with two attached hydrogens (primary N) is 1. The zero-order valence-electron chi connectivity index (χ0n) is 10.2. The molecule has 7 nitrogen and oxygen atoms in total. The van der Waals surface area contributed by atoms with Gasteiger partial charge < -0.3 is 10.1 Å². The van der Waals surface area contributed by atoms with Crippen molar-refractivity contribution in [3.63, 3.8) is 0 Å². The van der Waals surface area contributed by atoms with Crippen molar-refractivity contribution in [2.45, 2.75) is 26.8 Å². The van der Waals surface area contributed by atoms with E-state index in [2.05, 4.69) is 20.7 Å². The highest BCUT2D eigenvalue weighted by molar-refractivity contribution is 5.78. The maximum Gasteiger partial charge on any atom is 0.328 e. The normalized spacial score (nSPS) is 11.8. The molecule has 0 aromatic carbocycles. The molecule has 0 radical (unpaired) electrons. The number of carbonyl (C=O) groups is 1. The minimum Gasteiger partial charge on any atom is -0.464 e. The van der Waals surface area contributed by atoms with E-state index >= 15 is 0 Å². The first-order valence-electron chi connectivity index (χ1n) is 5.32. The Labute approximate surface area is 99.7 Å². The molecule has 4 N–H and O–H groups in total. The second-order valence-corrected chi connectivity index (χ2v) is 3.49. The van der Waals surface area contributed by atoms with Gasteiger partial charge in [-0.05, 0) is 20.8 Å². The van der Waals surface area contributed by atoms with E-state index in [0.29, 0.717) is 12.4 Å². The molecule has 1 rings (SSSR count). The van der Waals surface area contributed by atoms with Gasteiger partial charge in [-0.15, -0.1) is 0 Å². The molecule has 0 saturated carbocycles. The third kappa shape index (κ3) is 3.56. The number of nitrogens with one attached hydrogen (secondary N) is 2. The highest BCUT2D eigenvalue weighted by atomic mass is 16.5. The van der Waals surface area contributed by atoms with E-state index in [1.807, 2.05) is 6.92 Å². The average Bonchev–Trinajstić information content (AvgIpc) is 2.32. The van der Waals surface area contributed by atoms with Gasteiger partial charge >= 0.3 is 5.97 Å². The number of nitrogen functional groups attached to an aromatic ring is 1. The van der Waals surface area contributed by atoms with Crippen LogP contribution in [0.25, 0.3) is 0 Å².